The standard InChI is InChI=1S/C7H10O2/c1-5-3-4-7(2,9)6(5)8/h3,9H,4H2,1-2H3. The van der Waals surface area contributed by atoms with E-state index in [0.29, 0.717) is 12.0 Å². The van der Waals surface area contributed by atoms with E-state index in [2.05, 4.69) is 0 Å². The molecule has 1 aliphatic carbocycles. The highest BCUT2D eigenvalue weighted by molar-refractivity contribution is 6.03. The highest BCUT2D eigenvalue weighted by Gasteiger charge is 2.34. The summed E-state index contributed by atoms with van der Waals surface area (Å²) in [6.45, 7) is 3.27. The van der Waals surface area contributed by atoms with Gasteiger partial charge < -0.3 is 5.11 Å². The predicted octanol–water partition coefficient (Wildman–Crippen LogP) is 0.657. The molecule has 2 nitrogen and oxygen atoms in total. The van der Waals surface area contributed by atoms with Crippen molar-refractivity contribution in [1.29, 1.82) is 0 Å². The molecule has 0 spiro atoms. The van der Waals surface area contributed by atoms with Crippen LogP contribution in [-0.4, -0.2) is 16.5 Å². The zero-order valence-corrected chi connectivity index (χ0v) is 5.64. The van der Waals surface area contributed by atoms with Gasteiger partial charge in [0.05, 0.1) is 0 Å². The Bertz CT molecular complexity index is 177. The van der Waals surface area contributed by atoms with Crippen molar-refractivity contribution in [2.24, 2.45) is 0 Å². The second-order valence-corrected chi connectivity index (χ2v) is 2.69. The number of carbonyl (C=O) groups is 1. The van der Waals surface area contributed by atoms with E-state index in [-0.39, 0.29) is 5.78 Å². The minimum atomic E-state index is -1.11. The fourth-order valence-electron chi connectivity index (χ4n) is 0.962. The molecular weight excluding hydrogens is 116 g/mol. The summed E-state index contributed by atoms with van der Waals surface area (Å²) in [7, 11) is 0. The molecule has 1 rings (SSSR count). The maximum Gasteiger partial charge on any atom is 0.189 e. The normalized spacial score (nSPS) is 35.0. The highest BCUT2D eigenvalue weighted by atomic mass is 16.3. The van der Waals surface area contributed by atoms with E-state index < -0.39 is 5.60 Å². The van der Waals surface area contributed by atoms with Crippen LogP contribution in [-0.2, 0) is 4.79 Å². The van der Waals surface area contributed by atoms with E-state index in [1.165, 1.54) is 0 Å². The van der Waals surface area contributed by atoms with Gasteiger partial charge in [-0.1, -0.05) is 6.08 Å². The maximum absolute atomic E-state index is 10.9. The Balaban J connectivity index is 2.86. The summed E-state index contributed by atoms with van der Waals surface area (Å²) in [5.74, 6) is -0.137. The topological polar surface area (TPSA) is 37.3 Å². The van der Waals surface area contributed by atoms with Gasteiger partial charge in [0, 0.05) is 6.42 Å². The minimum absolute atomic E-state index is 0.137. The van der Waals surface area contributed by atoms with Gasteiger partial charge in [-0.2, -0.15) is 0 Å². The molecule has 0 fully saturated rings. The van der Waals surface area contributed by atoms with Gasteiger partial charge in [0.2, 0.25) is 0 Å². The van der Waals surface area contributed by atoms with Crippen molar-refractivity contribution in [1.82, 2.24) is 0 Å². The first-order chi connectivity index (χ1) is 4.04. The molecule has 0 saturated carbocycles. The molecule has 50 valence electrons. The summed E-state index contributed by atoms with van der Waals surface area (Å²) < 4.78 is 0. The summed E-state index contributed by atoms with van der Waals surface area (Å²) in [5.41, 5.74) is -0.427. The number of rotatable bonds is 0. The molecule has 0 aliphatic heterocycles. The lowest BCUT2D eigenvalue weighted by Gasteiger charge is -2.12. The lowest BCUT2D eigenvalue weighted by atomic mass is 10.0. The average molecular weight is 126 g/mol. The Morgan fingerprint density at radius 2 is 2.33 bits per heavy atom. The van der Waals surface area contributed by atoms with E-state index in [4.69, 9.17) is 0 Å². The first-order valence-electron chi connectivity index (χ1n) is 2.98. The summed E-state index contributed by atoms with van der Waals surface area (Å²) in [6.07, 6.45) is 2.24. The van der Waals surface area contributed by atoms with Crippen molar-refractivity contribution < 1.29 is 9.90 Å². The van der Waals surface area contributed by atoms with Crippen LogP contribution in [0.25, 0.3) is 0 Å². The molecule has 0 aromatic carbocycles. The zero-order valence-electron chi connectivity index (χ0n) is 5.64. The van der Waals surface area contributed by atoms with Crippen LogP contribution in [0.2, 0.25) is 0 Å². The van der Waals surface area contributed by atoms with Crippen molar-refractivity contribution in [3.05, 3.63) is 11.6 Å². The van der Waals surface area contributed by atoms with Gasteiger partial charge >= 0.3 is 0 Å². The van der Waals surface area contributed by atoms with Crippen molar-refractivity contribution in [2.45, 2.75) is 25.9 Å². The smallest absolute Gasteiger partial charge is 0.189 e. The van der Waals surface area contributed by atoms with Gasteiger partial charge in [-0.25, -0.2) is 0 Å². The molecule has 1 atom stereocenters. The Morgan fingerprint density at radius 1 is 1.78 bits per heavy atom. The third kappa shape index (κ3) is 0.900. The third-order valence-electron chi connectivity index (χ3n) is 1.65. The number of carbonyl (C=O) groups excluding carboxylic acids is 1. The van der Waals surface area contributed by atoms with Crippen molar-refractivity contribution in [3.63, 3.8) is 0 Å². The Labute approximate surface area is 54.2 Å². The van der Waals surface area contributed by atoms with Crippen LogP contribution in [0.3, 0.4) is 0 Å². The van der Waals surface area contributed by atoms with Crippen molar-refractivity contribution in [2.75, 3.05) is 0 Å². The van der Waals surface area contributed by atoms with Crippen LogP contribution in [0.15, 0.2) is 11.6 Å². The fraction of sp³-hybridized carbons (Fsp3) is 0.571. The van der Waals surface area contributed by atoms with Crippen LogP contribution in [0, 0.1) is 0 Å². The molecule has 1 N–H and O–H groups in total. The summed E-state index contributed by atoms with van der Waals surface area (Å²) in [5, 5.41) is 9.23. The molecule has 1 unspecified atom stereocenters. The molecule has 0 saturated heterocycles. The third-order valence-corrected chi connectivity index (χ3v) is 1.65. The van der Waals surface area contributed by atoms with Gasteiger partial charge in [0.15, 0.2) is 5.78 Å². The van der Waals surface area contributed by atoms with Gasteiger partial charge in [-0.15, -0.1) is 0 Å². The van der Waals surface area contributed by atoms with Crippen LogP contribution in [0.5, 0.6) is 0 Å². The fourth-order valence-corrected chi connectivity index (χ4v) is 0.962. The largest absolute Gasteiger partial charge is 0.382 e. The molecule has 0 heterocycles. The second kappa shape index (κ2) is 1.67. The van der Waals surface area contributed by atoms with E-state index in [9.17, 15) is 9.90 Å². The van der Waals surface area contributed by atoms with E-state index >= 15 is 0 Å². The molecule has 0 aromatic heterocycles. The lowest BCUT2D eigenvalue weighted by Crippen LogP contribution is -2.30. The van der Waals surface area contributed by atoms with Crippen molar-refractivity contribution in [3.8, 4) is 0 Å². The Hall–Kier alpha value is -0.630. The Kier molecular flexibility index (Phi) is 1.21. The molecule has 0 bridgehead atoms. The quantitative estimate of drug-likeness (QED) is 0.517. The molecular formula is C7H10O2. The molecule has 0 aromatic rings. The molecule has 0 radical (unpaired) electrons. The number of hydrogen-bond donors (Lipinski definition) is 1. The second-order valence-electron chi connectivity index (χ2n) is 2.69. The molecule has 2 heteroatoms. The summed E-state index contributed by atoms with van der Waals surface area (Å²) in [6, 6.07) is 0. The summed E-state index contributed by atoms with van der Waals surface area (Å²) in [4.78, 5) is 10.9. The van der Waals surface area contributed by atoms with Crippen LogP contribution < -0.4 is 0 Å². The number of aliphatic hydroxyl groups is 1. The Morgan fingerprint density at radius 3 is 2.44 bits per heavy atom. The average Bonchev–Trinajstić information content (AvgIpc) is 1.97. The number of ketones is 1. The van der Waals surface area contributed by atoms with E-state index in [0.717, 1.165) is 0 Å². The minimum Gasteiger partial charge on any atom is -0.382 e. The zero-order chi connectivity index (χ0) is 7.07. The van der Waals surface area contributed by atoms with Gasteiger partial charge in [0.1, 0.15) is 5.60 Å². The van der Waals surface area contributed by atoms with Crippen LogP contribution in [0.1, 0.15) is 20.3 Å². The first-order valence-corrected chi connectivity index (χ1v) is 2.98. The molecule has 0 amide bonds. The maximum atomic E-state index is 10.9. The lowest BCUT2D eigenvalue weighted by molar-refractivity contribution is -0.129. The van der Waals surface area contributed by atoms with Crippen LogP contribution >= 0.6 is 0 Å². The summed E-state index contributed by atoms with van der Waals surface area (Å²) >= 11 is 0. The predicted molar refractivity (Wildman–Crippen MR) is 34.0 cm³/mol. The van der Waals surface area contributed by atoms with Gasteiger partial charge in [-0.05, 0) is 19.4 Å². The molecule has 9 heavy (non-hydrogen) atoms. The van der Waals surface area contributed by atoms with Gasteiger partial charge in [0.25, 0.3) is 0 Å². The van der Waals surface area contributed by atoms with E-state index in [1.54, 1.807) is 19.9 Å². The SMILES string of the molecule is CC1=CCC(C)(O)C1=O. The van der Waals surface area contributed by atoms with Gasteiger partial charge in [-0.3, -0.25) is 4.79 Å². The van der Waals surface area contributed by atoms with E-state index in [1.807, 2.05) is 0 Å². The number of hydrogen-bond acceptors (Lipinski definition) is 2. The monoisotopic (exact) mass is 126 g/mol. The first kappa shape index (κ1) is 6.49. The number of Topliss-reactive ketones (excluding diaryl/α,β-unsaturated/α-hetero) is 1. The highest BCUT2D eigenvalue weighted by Crippen LogP contribution is 2.23. The van der Waals surface area contributed by atoms with Crippen LogP contribution in [0.4, 0.5) is 0 Å². The molecule has 1 aliphatic rings. The van der Waals surface area contributed by atoms with Crippen molar-refractivity contribution >= 4 is 5.78 Å².